The van der Waals surface area contributed by atoms with Gasteiger partial charge in [-0.05, 0) is 57.2 Å². The zero-order valence-corrected chi connectivity index (χ0v) is 23.0. The number of aromatic amines is 1. The number of tetrazole rings is 1. The minimum atomic E-state index is 0.481. The molecule has 192 valence electrons. The van der Waals surface area contributed by atoms with Crippen LogP contribution in [0, 0.1) is 0 Å². The van der Waals surface area contributed by atoms with Gasteiger partial charge in [-0.25, -0.2) is 10.1 Å². The van der Waals surface area contributed by atoms with Crippen molar-refractivity contribution in [2.45, 2.75) is 37.3 Å². The van der Waals surface area contributed by atoms with Crippen LogP contribution in [0.5, 0.6) is 0 Å². The highest BCUT2D eigenvalue weighted by Crippen LogP contribution is 2.48. The van der Waals surface area contributed by atoms with Gasteiger partial charge in [-0.2, -0.15) is 0 Å². The van der Waals surface area contributed by atoms with Crippen molar-refractivity contribution in [3.63, 3.8) is 0 Å². The Morgan fingerprint density at radius 2 is 1.71 bits per heavy atom. The maximum absolute atomic E-state index is 4.86. The monoisotopic (exact) mass is 538 g/mol. The second-order valence-electron chi connectivity index (χ2n) is 9.47. The van der Waals surface area contributed by atoms with Gasteiger partial charge in [0.2, 0.25) is 0 Å². The van der Waals surface area contributed by atoms with E-state index in [9.17, 15) is 0 Å². The minimum Gasteiger partial charge on any atom is -0.327 e. The molecule has 0 saturated carbocycles. The van der Waals surface area contributed by atoms with Crippen LogP contribution >= 0.6 is 23.5 Å². The number of benzene rings is 3. The van der Waals surface area contributed by atoms with Crippen LogP contribution in [0.3, 0.4) is 0 Å². The van der Waals surface area contributed by atoms with Crippen LogP contribution in [-0.2, 0) is 13.0 Å². The van der Waals surface area contributed by atoms with Gasteiger partial charge in [0.15, 0.2) is 5.82 Å². The molecule has 3 aromatic carbocycles. The number of hydrogen-bond donors (Lipinski definition) is 1. The molecule has 1 saturated heterocycles. The largest absolute Gasteiger partial charge is 0.327 e. The van der Waals surface area contributed by atoms with E-state index in [1.165, 1.54) is 46.6 Å². The molecule has 0 unspecified atom stereocenters. The normalized spacial score (nSPS) is 13.8. The van der Waals surface area contributed by atoms with E-state index in [2.05, 4.69) is 110 Å². The number of H-pyrrole nitrogens is 1. The number of rotatable bonds is 9. The first kappa shape index (κ1) is 24.9. The number of imidazole rings is 1. The van der Waals surface area contributed by atoms with Crippen molar-refractivity contribution in [1.82, 2.24) is 30.2 Å². The van der Waals surface area contributed by atoms with Gasteiger partial charge in [0.1, 0.15) is 5.82 Å². The molecule has 0 amide bonds. The van der Waals surface area contributed by atoms with E-state index in [4.69, 9.17) is 4.98 Å². The van der Waals surface area contributed by atoms with Gasteiger partial charge in [0.25, 0.3) is 0 Å². The lowest BCUT2D eigenvalue weighted by Gasteiger charge is -2.17. The number of aryl methyl sites for hydroxylation is 1. The van der Waals surface area contributed by atoms with Crippen LogP contribution in [0.25, 0.3) is 33.9 Å². The predicted molar refractivity (Wildman–Crippen MR) is 158 cm³/mol. The summed E-state index contributed by atoms with van der Waals surface area (Å²) in [6.07, 6.45) is 7.57. The summed E-state index contributed by atoms with van der Waals surface area (Å²) in [6, 6.07) is 24.0. The van der Waals surface area contributed by atoms with Gasteiger partial charge in [-0.15, -0.1) is 28.6 Å². The molecule has 0 atom stereocenters. The highest BCUT2D eigenvalue weighted by molar-refractivity contribution is 8.19. The SMILES string of the molecule is CCCCc1ccc(C2SCCS2)c(-c2nccn2Cc2ccc(-c3ccccc3-c3nnn[nH]3)cc2)c1. The summed E-state index contributed by atoms with van der Waals surface area (Å²) >= 11 is 4.10. The van der Waals surface area contributed by atoms with E-state index >= 15 is 0 Å². The summed E-state index contributed by atoms with van der Waals surface area (Å²) in [6.45, 7) is 3.02. The van der Waals surface area contributed by atoms with E-state index in [1.807, 2.05) is 24.4 Å². The van der Waals surface area contributed by atoms with E-state index < -0.39 is 0 Å². The molecule has 6 rings (SSSR count). The third-order valence-corrected chi connectivity index (χ3v) is 9.98. The Morgan fingerprint density at radius 3 is 2.47 bits per heavy atom. The zero-order chi connectivity index (χ0) is 25.7. The predicted octanol–water partition coefficient (Wildman–Crippen LogP) is 7.27. The molecule has 38 heavy (non-hydrogen) atoms. The van der Waals surface area contributed by atoms with Crippen LogP contribution in [0.2, 0.25) is 0 Å². The molecule has 5 aromatic rings. The summed E-state index contributed by atoms with van der Waals surface area (Å²) in [5, 5.41) is 14.5. The van der Waals surface area contributed by atoms with Crippen molar-refractivity contribution in [3.05, 3.63) is 95.8 Å². The first-order chi connectivity index (χ1) is 18.8. The molecule has 0 bridgehead atoms. The summed E-state index contributed by atoms with van der Waals surface area (Å²) in [5.74, 6) is 4.15. The van der Waals surface area contributed by atoms with E-state index in [0.717, 1.165) is 35.5 Å². The maximum atomic E-state index is 4.86. The fraction of sp³-hybridized carbons (Fsp3) is 0.267. The van der Waals surface area contributed by atoms with E-state index in [-0.39, 0.29) is 0 Å². The van der Waals surface area contributed by atoms with Crippen LogP contribution in [0.1, 0.15) is 41.0 Å². The van der Waals surface area contributed by atoms with Crippen LogP contribution in [0.15, 0.2) is 79.1 Å². The fourth-order valence-corrected chi connectivity index (χ4v) is 7.89. The lowest BCUT2D eigenvalue weighted by molar-refractivity contribution is 0.792. The first-order valence-electron chi connectivity index (χ1n) is 13.1. The average molecular weight is 539 g/mol. The van der Waals surface area contributed by atoms with Crippen LogP contribution in [0.4, 0.5) is 0 Å². The lowest BCUT2D eigenvalue weighted by atomic mass is 9.98. The summed E-state index contributed by atoms with van der Waals surface area (Å²) in [7, 11) is 0. The van der Waals surface area contributed by atoms with Gasteiger partial charge in [0, 0.05) is 41.6 Å². The number of aromatic nitrogens is 6. The molecule has 1 N–H and O–H groups in total. The second-order valence-corrected chi connectivity index (χ2v) is 12.2. The summed E-state index contributed by atoms with van der Waals surface area (Å²) < 4.78 is 2.77. The molecule has 1 aliphatic heterocycles. The number of thioether (sulfide) groups is 2. The topological polar surface area (TPSA) is 72.3 Å². The van der Waals surface area contributed by atoms with Crippen molar-refractivity contribution in [2.75, 3.05) is 11.5 Å². The molecule has 6 nitrogen and oxygen atoms in total. The minimum absolute atomic E-state index is 0.481. The molecule has 8 heteroatoms. The molecule has 1 aliphatic rings. The smallest absolute Gasteiger partial charge is 0.180 e. The number of hydrogen-bond acceptors (Lipinski definition) is 6. The Balaban J connectivity index is 1.29. The molecule has 0 radical (unpaired) electrons. The summed E-state index contributed by atoms with van der Waals surface area (Å²) in [5.41, 5.74) is 8.54. The molecule has 0 aliphatic carbocycles. The second kappa shape index (κ2) is 11.6. The highest BCUT2D eigenvalue weighted by Gasteiger charge is 2.23. The van der Waals surface area contributed by atoms with Crippen molar-refractivity contribution in [1.29, 1.82) is 0 Å². The van der Waals surface area contributed by atoms with Crippen molar-refractivity contribution in [3.8, 4) is 33.9 Å². The number of unbranched alkanes of at least 4 members (excludes halogenated alkanes) is 1. The van der Waals surface area contributed by atoms with Gasteiger partial charge in [0.05, 0.1) is 4.58 Å². The maximum Gasteiger partial charge on any atom is 0.180 e. The van der Waals surface area contributed by atoms with Crippen molar-refractivity contribution in [2.24, 2.45) is 0 Å². The summed E-state index contributed by atoms with van der Waals surface area (Å²) in [4.78, 5) is 4.86. The van der Waals surface area contributed by atoms with E-state index in [0.29, 0.717) is 10.4 Å². The van der Waals surface area contributed by atoms with E-state index in [1.54, 1.807) is 0 Å². The Kier molecular flexibility index (Phi) is 7.60. The molecule has 1 fully saturated rings. The standard InChI is InChI=1S/C30H30N6S2/c1-2-3-6-21-11-14-26(30-37-17-18-38-30)27(19-21)29-31-15-16-36(29)20-22-9-12-23(13-10-22)24-7-4-5-8-25(24)28-32-34-35-33-28/h4-5,7-16,19,30H,2-3,6,17-18,20H2,1H3,(H,32,33,34,35). The molecule has 0 spiro atoms. The fourth-order valence-electron chi connectivity index (χ4n) is 4.96. The Labute approximate surface area is 231 Å². The molecule has 3 heterocycles. The average Bonchev–Trinajstić information content (AvgIpc) is 3.76. The van der Waals surface area contributed by atoms with Gasteiger partial charge >= 0.3 is 0 Å². The highest BCUT2D eigenvalue weighted by atomic mass is 32.2. The Morgan fingerprint density at radius 1 is 0.921 bits per heavy atom. The third kappa shape index (κ3) is 5.28. The van der Waals surface area contributed by atoms with Crippen LogP contribution in [-0.4, -0.2) is 41.7 Å². The van der Waals surface area contributed by atoms with Crippen LogP contribution < -0.4 is 0 Å². The van der Waals surface area contributed by atoms with Gasteiger partial charge in [-0.3, -0.25) is 0 Å². The number of nitrogens with zero attached hydrogens (tertiary/aromatic N) is 5. The quantitative estimate of drug-likeness (QED) is 0.213. The first-order valence-corrected chi connectivity index (χ1v) is 15.2. The van der Waals surface area contributed by atoms with Gasteiger partial charge < -0.3 is 4.57 Å². The lowest BCUT2D eigenvalue weighted by Crippen LogP contribution is -2.04. The molecular formula is C30H30N6S2. The van der Waals surface area contributed by atoms with Crippen molar-refractivity contribution >= 4 is 23.5 Å². The molecular weight excluding hydrogens is 509 g/mol. The number of nitrogens with one attached hydrogen (secondary N) is 1. The molecule has 2 aromatic heterocycles. The zero-order valence-electron chi connectivity index (χ0n) is 21.4. The Hall–Kier alpha value is -3.36. The van der Waals surface area contributed by atoms with Crippen molar-refractivity contribution < 1.29 is 0 Å². The Bertz CT molecular complexity index is 1490. The van der Waals surface area contributed by atoms with Gasteiger partial charge in [-0.1, -0.05) is 74.0 Å². The third-order valence-electron chi connectivity index (χ3n) is 6.91.